The molecule has 0 fully saturated rings. The number of rotatable bonds is 6. The van der Waals surface area contributed by atoms with Crippen LogP contribution in [-0.4, -0.2) is 35.6 Å². The van der Waals surface area contributed by atoms with Crippen molar-refractivity contribution >= 4 is 11.8 Å². The van der Waals surface area contributed by atoms with E-state index in [9.17, 15) is 9.59 Å². The van der Waals surface area contributed by atoms with Crippen LogP contribution in [0.25, 0.3) is 0 Å². The van der Waals surface area contributed by atoms with Gasteiger partial charge in [-0.15, -0.1) is 0 Å². The molecular weight excluding hydrogens is 196 g/mol. The van der Waals surface area contributed by atoms with Gasteiger partial charge in [-0.2, -0.15) is 0 Å². The standard InChI is InChI=1S/C10H20N2O3/c1-4-10(3,7-13)12-9(15)5-6-11-8(2)14/h13H,4-7H2,1-3H3,(H,11,14)(H,12,15). The molecule has 1 atom stereocenters. The number of aliphatic hydroxyl groups is 1. The molecule has 0 saturated carbocycles. The van der Waals surface area contributed by atoms with Gasteiger partial charge in [-0.05, 0) is 13.3 Å². The zero-order chi connectivity index (χ0) is 11.9. The lowest BCUT2D eigenvalue weighted by Crippen LogP contribution is -2.49. The van der Waals surface area contributed by atoms with E-state index < -0.39 is 5.54 Å². The molecule has 2 amide bonds. The van der Waals surface area contributed by atoms with Gasteiger partial charge >= 0.3 is 0 Å². The van der Waals surface area contributed by atoms with E-state index in [-0.39, 0.29) is 24.8 Å². The normalized spacial score (nSPS) is 14.1. The topological polar surface area (TPSA) is 78.4 Å². The molecule has 0 heterocycles. The summed E-state index contributed by atoms with van der Waals surface area (Å²) in [5.41, 5.74) is -0.562. The highest BCUT2D eigenvalue weighted by Crippen LogP contribution is 2.07. The summed E-state index contributed by atoms with van der Waals surface area (Å²) in [6, 6.07) is 0. The first-order valence-electron chi connectivity index (χ1n) is 5.10. The second-order valence-corrected chi connectivity index (χ2v) is 3.85. The maximum atomic E-state index is 11.4. The molecule has 0 spiro atoms. The lowest BCUT2D eigenvalue weighted by molar-refractivity contribution is -0.123. The number of hydrogen-bond donors (Lipinski definition) is 3. The Balaban J connectivity index is 3.87. The summed E-state index contributed by atoms with van der Waals surface area (Å²) in [6.07, 6.45) is 0.893. The first-order chi connectivity index (χ1) is 6.93. The number of nitrogens with one attached hydrogen (secondary N) is 2. The van der Waals surface area contributed by atoms with Crippen molar-refractivity contribution in [1.82, 2.24) is 10.6 Å². The molecule has 5 heteroatoms. The minimum Gasteiger partial charge on any atom is -0.394 e. The van der Waals surface area contributed by atoms with Crippen LogP contribution in [0, 0.1) is 0 Å². The molecule has 15 heavy (non-hydrogen) atoms. The van der Waals surface area contributed by atoms with Gasteiger partial charge in [0, 0.05) is 19.9 Å². The molecule has 3 N–H and O–H groups in total. The molecule has 1 unspecified atom stereocenters. The quantitative estimate of drug-likeness (QED) is 0.575. The summed E-state index contributed by atoms with van der Waals surface area (Å²) in [4.78, 5) is 21.9. The average Bonchev–Trinajstić information content (AvgIpc) is 2.17. The Labute approximate surface area is 90.2 Å². The minimum absolute atomic E-state index is 0.0879. The Kier molecular flexibility index (Phi) is 5.93. The van der Waals surface area contributed by atoms with E-state index >= 15 is 0 Å². The monoisotopic (exact) mass is 216 g/mol. The third-order valence-electron chi connectivity index (χ3n) is 2.30. The molecular formula is C10H20N2O3. The number of carbonyl (C=O) groups excluding carboxylic acids is 2. The van der Waals surface area contributed by atoms with E-state index in [0.717, 1.165) is 0 Å². The van der Waals surface area contributed by atoms with E-state index in [1.54, 1.807) is 6.92 Å². The summed E-state index contributed by atoms with van der Waals surface area (Å²) in [7, 11) is 0. The van der Waals surface area contributed by atoms with Crippen molar-refractivity contribution in [2.45, 2.75) is 39.2 Å². The highest BCUT2D eigenvalue weighted by atomic mass is 16.3. The zero-order valence-corrected chi connectivity index (χ0v) is 9.59. The smallest absolute Gasteiger partial charge is 0.222 e. The van der Waals surface area contributed by atoms with E-state index in [1.165, 1.54) is 6.92 Å². The first kappa shape index (κ1) is 13.9. The molecule has 0 aliphatic rings. The van der Waals surface area contributed by atoms with Crippen LogP contribution in [0.3, 0.4) is 0 Å². The molecule has 0 saturated heterocycles. The number of hydrogen-bond acceptors (Lipinski definition) is 3. The predicted octanol–water partition coefficient (Wildman–Crippen LogP) is -0.210. The number of carbonyl (C=O) groups is 2. The molecule has 0 aliphatic heterocycles. The SMILES string of the molecule is CCC(C)(CO)NC(=O)CCNC(C)=O. The van der Waals surface area contributed by atoms with Crippen LogP contribution in [0.4, 0.5) is 0 Å². The zero-order valence-electron chi connectivity index (χ0n) is 9.59. The van der Waals surface area contributed by atoms with Gasteiger partial charge in [-0.1, -0.05) is 6.92 Å². The summed E-state index contributed by atoms with van der Waals surface area (Å²) in [6.45, 7) is 5.32. The Morgan fingerprint density at radius 2 is 2.00 bits per heavy atom. The highest BCUT2D eigenvalue weighted by molar-refractivity contribution is 5.78. The molecule has 0 aromatic heterocycles. The molecule has 0 bridgehead atoms. The molecule has 0 aliphatic carbocycles. The second-order valence-electron chi connectivity index (χ2n) is 3.85. The fraction of sp³-hybridized carbons (Fsp3) is 0.800. The highest BCUT2D eigenvalue weighted by Gasteiger charge is 2.22. The van der Waals surface area contributed by atoms with Gasteiger partial charge < -0.3 is 15.7 Å². The lowest BCUT2D eigenvalue weighted by Gasteiger charge is -2.27. The number of aliphatic hydroxyl groups excluding tert-OH is 1. The maximum Gasteiger partial charge on any atom is 0.222 e. The molecule has 0 aromatic carbocycles. The van der Waals surface area contributed by atoms with Gasteiger partial charge in [-0.3, -0.25) is 9.59 Å². The third kappa shape index (κ3) is 6.06. The van der Waals surface area contributed by atoms with Gasteiger partial charge in [0.15, 0.2) is 0 Å². The van der Waals surface area contributed by atoms with Gasteiger partial charge in [0.1, 0.15) is 0 Å². The summed E-state index contributed by atoms with van der Waals surface area (Å²) >= 11 is 0. The second kappa shape index (κ2) is 6.40. The van der Waals surface area contributed by atoms with E-state index in [4.69, 9.17) is 5.11 Å². The molecule has 0 rings (SSSR count). The Hall–Kier alpha value is -1.10. The van der Waals surface area contributed by atoms with Gasteiger partial charge in [0.05, 0.1) is 12.1 Å². The van der Waals surface area contributed by atoms with Crippen molar-refractivity contribution in [3.63, 3.8) is 0 Å². The van der Waals surface area contributed by atoms with Crippen LogP contribution in [-0.2, 0) is 9.59 Å². The molecule has 88 valence electrons. The minimum atomic E-state index is -0.562. The third-order valence-corrected chi connectivity index (χ3v) is 2.30. The van der Waals surface area contributed by atoms with Crippen molar-refractivity contribution in [2.75, 3.05) is 13.2 Å². The average molecular weight is 216 g/mol. The van der Waals surface area contributed by atoms with Crippen molar-refractivity contribution in [3.8, 4) is 0 Å². The lowest BCUT2D eigenvalue weighted by atomic mass is 10.0. The van der Waals surface area contributed by atoms with Gasteiger partial charge in [0.2, 0.25) is 11.8 Å². The Morgan fingerprint density at radius 1 is 1.40 bits per heavy atom. The van der Waals surface area contributed by atoms with Crippen LogP contribution >= 0.6 is 0 Å². The predicted molar refractivity (Wildman–Crippen MR) is 57.2 cm³/mol. The van der Waals surface area contributed by atoms with Crippen LogP contribution in [0.2, 0.25) is 0 Å². The van der Waals surface area contributed by atoms with Gasteiger partial charge in [-0.25, -0.2) is 0 Å². The van der Waals surface area contributed by atoms with Crippen molar-refractivity contribution in [2.24, 2.45) is 0 Å². The molecule has 0 radical (unpaired) electrons. The summed E-state index contributed by atoms with van der Waals surface area (Å²) < 4.78 is 0. The summed E-state index contributed by atoms with van der Waals surface area (Å²) in [5, 5.41) is 14.3. The van der Waals surface area contributed by atoms with E-state index in [0.29, 0.717) is 13.0 Å². The number of amides is 2. The van der Waals surface area contributed by atoms with E-state index in [1.807, 2.05) is 6.92 Å². The van der Waals surface area contributed by atoms with Crippen LogP contribution in [0.15, 0.2) is 0 Å². The fourth-order valence-corrected chi connectivity index (χ4v) is 0.991. The van der Waals surface area contributed by atoms with Crippen LogP contribution in [0.5, 0.6) is 0 Å². The van der Waals surface area contributed by atoms with E-state index in [2.05, 4.69) is 10.6 Å². The van der Waals surface area contributed by atoms with Crippen LogP contribution < -0.4 is 10.6 Å². The van der Waals surface area contributed by atoms with Crippen molar-refractivity contribution in [1.29, 1.82) is 0 Å². The Morgan fingerprint density at radius 3 is 2.40 bits per heavy atom. The first-order valence-corrected chi connectivity index (χ1v) is 5.10. The molecule has 5 nitrogen and oxygen atoms in total. The van der Waals surface area contributed by atoms with Crippen LogP contribution in [0.1, 0.15) is 33.6 Å². The Bertz CT molecular complexity index is 225. The molecule has 0 aromatic rings. The van der Waals surface area contributed by atoms with Crippen molar-refractivity contribution < 1.29 is 14.7 Å². The van der Waals surface area contributed by atoms with Crippen molar-refractivity contribution in [3.05, 3.63) is 0 Å². The maximum absolute atomic E-state index is 11.4. The largest absolute Gasteiger partial charge is 0.394 e. The fourth-order valence-electron chi connectivity index (χ4n) is 0.991. The van der Waals surface area contributed by atoms with Gasteiger partial charge in [0.25, 0.3) is 0 Å². The summed E-state index contributed by atoms with van der Waals surface area (Å²) in [5.74, 6) is -0.314.